The number of carbonyl (C=O) groups excluding carboxylic acids is 1. The molecule has 1 aliphatic heterocycles. The van der Waals surface area contributed by atoms with Crippen LogP contribution >= 0.6 is 0 Å². The van der Waals surface area contributed by atoms with Gasteiger partial charge in [0.15, 0.2) is 11.5 Å². The number of alkyl halides is 3. The fraction of sp³-hybridized carbons (Fsp3) is 0.385. The Labute approximate surface area is 211 Å². The predicted molar refractivity (Wildman–Crippen MR) is 134 cm³/mol. The molecular weight excluding hydrogens is 483 g/mol. The maximum absolute atomic E-state index is 14.2. The number of carbonyl (C=O) groups is 1. The zero-order valence-electron chi connectivity index (χ0n) is 20.8. The van der Waals surface area contributed by atoms with Crippen LogP contribution in [0.1, 0.15) is 42.2 Å². The summed E-state index contributed by atoms with van der Waals surface area (Å²) < 4.78 is 44.3. The Hall–Kier alpha value is -3.57. The largest absolute Gasteiger partial charge is 0.408 e. The number of pyridine rings is 2. The molecular formula is C26H28F3N7O. The van der Waals surface area contributed by atoms with Crippen molar-refractivity contribution in [3.63, 3.8) is 0 Å². The van der Waals surface area contributed by atoms with Crippen LogP contribution in [0.25, 0.3) is 28.1 Å². The van der Waals surface area contributed by atoms with Crippen LogP contribution < -0.4 is 10.6 Å². The normalized spacial score (nSPS) is 17.6. The van der Waals surface area contributed by atoms with Gasteiger partial charge in [-0.1, -0.05) is 18.2 Å². The molecule has 5 rings (SSSR count). The van der Waals surface area contributed by atoms with Gasteiger partial charge in [-0.15, -0.1) is 10.2 Å². The Morgan fingerprint density at radius 3 is 2.59 bits per heavy atom. The average molecular weight is 512 g/mol. The van der Waals surface area contributed by atoms with Crippen molar-refractivity contribution in [3.8, 4) is 11.5 Å². The maximum Gasteiger partial charge on any atom is 0.408 e. The van der Waals surface area contributed by atoms with Crippen molar-refractivity contribution in [2.75, 3.05) is 20.1 Å². The van der Waals surface area contributed by atoms with Crippen molar-refractivity contribution < 1.29 is 18.0 Å². The molecule has 4 aromatic rings. The fourth-order valence-corrected chi connectivity index (χ4v) is 4.84. The van der Waals surface area contributed by atoms with Crippen molar-refractivity contribution in [2.24, 2.45) is 0 Å². The first-order chi connectivity index (χ1) is 17.6. The lowest BCUT2D eigenvalue weighted by Gasteiger charge is -2.30. The summed E-state index contributed by atoms with van der Waals surface area (Å²) in [6.45, 7) is 4.42. The first-order valence-corrected chi connectivity index (χ1v) is 12.2. The molecule has 2 atom stereocenters. The van der Waals surface area contributed by atoms with Crippen LogP contribution in [0.3, 0.4) is 0 Å². The third kappa shape index (κ3) is 5.01. The third-order valence-corrected chi connectivity index (χ3v) is 6.65. The van der Waals surface area contributed by atoms with E-state index in [0.29, 0.717) is 47.8 Å². The molecule has 0 aliphatic carbocycles. The van der Waals surface area contributed by atoms with E-state index in [1.807, 2.05) is 26.0 Å². The summed E-state index contributed by atoms with van der Waals surface area (Å²) in [4.78, 5) is 18.6. The number of likely N-dealkylation sites (N-methyl/N-ethyl adjacent to an activating group) is 1. The average Bonchev–Trinajstić information content (AvgIpc) is 3.49. The molecule has 0 spiro atoms. The van der Waals surface area contributed by atoms with Gasteiger partial charge in [0, 0.05) is 42.3 Å². The van der Waals surface area contributed by atoms with E-state index >= 15 is 0 Å². The van der Waals surface area contributed by atoms with Crippen LogP contribution in [0, 0.1) is 0 Å². The van der Waals surface area contributed by atoms with E-state index in [2.05, 4.69) is 25.8 Å². The summed E-state index contributed by atoms with van der Waals surface area (Å²) in [5.74, 6) is 0.119. The van der Waals surface area contributed by atoms with Gasteiger partial charge in [0.2, 0.25) is 0 Å². The molecule has 0 saturated carbocycles. The third-order valence-electron chi connectivity index (χ3n) is 6.65. The van der Waals surface area contributed by atoms with E-state index < -0.39 is 12.2 Å². The van der Waals surface area contributed by atoms with Crippen molar-refractivity contribution in [1.82, 2.24) is 35.1 Å². The molecule has 1 amide bonds. The molecule has 8 nitrogen and oxygen atoms in total. The van der Waals surface area contributed by atoms with Gasteiger partial charge in [0.25, 0.3) is 5.91 Å². The molecule has 1 fully saturated rings. The van der Waals surface area contributed by atoms with Crippen LogP contribution in [0.4, 0.5) is 13.2 Å². The van der Waals surface area contributed by atoms with Gasteiger partial charge >= 0.3 is 6.18 Å². The van der Waals surface area contributed by atoms with Crippen LogP contribution in [-0.2, 0) is 0 Å². The molecule has 2 N–H and O–H groups in total. The number of aromatic nitrogens is 4. The number of nitrogens with zero attached hydrogens (tertiary/aromatic N) is 5. The minimum atomic E-state index is -4.45. The van der Waals surface area contributed by atoms with Gasteiger partial charge in [-0.2, -0.15) is 13.2 Å². The Morgan fingerprint density at radius 1 is 1.11 bits per heavy atom. The molecule has 1 saturated heterocycles. The predicted octanol–water partition coefficient (Wildman–Crippen LogP) is 3.98. The van der Waals surface area contributed by atoms with Gasteiger partial charge < -0.3 is 10.6 Å². The lowest BCUT2D eigenvalue weighted by atomic mass is 10.1. The highest BCUT2D eigenvalue weighted by Gasteiger charge is 2.46. The summed E-state index contributed by atoms with van der Waals surface area (Å²) in [5.41, 5.74) is 2.02. The summed E-state index contributed by atoms with van der Waals surface area (Å²) in [7, 11) is 1.77. The van der Waals surface area contributed by atoms with Gasteiger partial charge in [0.1, 0.15) is 11.7 Å². The summed E-state index contributed by atoms with van der Waals surface area (Å²) in [5, 5.41) is 15.1. The Balaban J connectivity index is 1.54. The van der Waals surface area contributed by atoms with E-state index in [1.54, 1.807) is 35.7 Å². The van der Waals surface area contributed by atoms with Gasteiger partial charge in [-0.3, -0.25) is 14.1 Å². The first-order valence-electron chi connectivity index (χ1n) is 12.2. The van der Waals surface area contributed by atoms with E-state index in [4.69, 9.17) is 0 Å². The van der Waals surface area contributed by atoms with E-state index in [1.165, 1.54) is 17.2 Å². The fourth-order valence-electron chi connectivity index (χ4n) is 4.84. The molecule has 37 heavy (non-hydrogen) atoms. The minimum Gasteiger partial charge on any atom is -0.350 e. The highest BCUT2D eigenvalue weighted by molar-refractivity contribution is 5.98. The number of hydrogen-bond acceptors (Lipinski definition) is 6. The zero-order valence-corrected chi connectivity index (χ0v) is 20.8. The number of rotatable bonds is 6. The smallest absolute Gasteiger partial charge is 0.350 e. The molecule has 3 aromatic heterocycles. The maximum atomic E-state index is 14.2. The number of nitrogens with one attached hydrogen (secondary N) is 2. The second-order valence-corrected chi connectivity index (χ2v) is 9.66. The van der Waals surface area contributed by atoms with Crippen molar-refractivity contribution in [2.45, 2.75) is 44.6 Å². The minimum absolute atomic E-state index is 0.00996. The Kier molecular flexibility index (Phi) is 6.59. The molecule has 0 unspecified atom stereocenters. The molecule has 11 heteroatoms. The van der Waals surface area contributed by atoms with Gasteiger partial charge in [0.05, 0.1) is 5.52 Å². The lowest BCUT2D eigenvalue weighted by molar-refractivity contribution is -0.184. The number of fused-ring (bicyclic) bond motifs is 2. The lowest BCUT2D eigenvalue weighted by Crippen LogP contribution is -2.39. The first kappa shape index (κ1) is 25.1. The quantitative estimate of drug-likeness (QED) is 0.407. The number of hydrogen-bond donors (Lipinski definition) is 2. The summed E-state index contributed by atoms with van der Waals surface area (Å²) in [6.07, 6.45) is -2.34. The summed E-state index contributed by atoms with van der Waals surface area (Å²) >= 11 is 0. The standard InChI is InChI=1S/C26H28F3N7O/c1-15(2)31-25(37)17-5-4-16-6-8-20(32-21(16)12-17)24-34-33-22-9-7-18(13-36(22)24)23(26(27,28)29)35-11-10-19(14-35)30-3/h4-9,12-13,15,19,23,30H,10-11,14H2,1-3H3,(H,31,37)/t19-,23+/m0/s1. The summed E-state index contributed by atoms with van der Waals surface area (Å²) in [6, 6.07) is 10.1. The Morgan fingerprint density at radius 2 is 1.89 bits per heavy atom. The zero-order chi connectivity index (χ0) is 26.3. The number of amides is 1. The van der Waals surface area contributed by atoms with E-state index in [9.17, 15) is 18.0 Å². The second-order valence-electron chi connectivity index (χ2n) is 9.66. The molecule has 4 heterocycles. The topological polar surface area (TPSA) is 87.4 Å². The van der Waals surface area contributed by atoms with Crippen molar-refractivity contribution in [3.05, 3.63) is 59.8 Å². The van der Waals surface area contributed by atoms with Crippen LogP contribution in [-0.4, -0.2) is 68.8 Å². The SMILES string of the molecule is CN[C@H]1CCN([C@H](c2ccc3nnc(-c4ccc5ccc(C(=O)NC(C)C)cc5n4)n3c2)C(F)(F)F)C1. The monoisotopic (exact) mass is 511 g/mol. The molecule has 0 radical (unpaired) electrons. The number of benzene rings is 1. The highest BCUT2D eigenvalue weighted by Crippen LogP contribution is 2.39. The molecule has 0 bridgehead atoms. The molecule has 194 valence electrons. The van der Waals surface area contributed by atoms with Crippen molar-refractivity contribution >= 4 is 22.5 Å². The van der Waals surface area contributed by atoms with Crippen molar-refractivity contribution in [1.29, 1.82) is 0 Å². The molecule has 1 aliphatic rings. The number of likely N-dealkylation sites (tertiary alicyclic amines) is 1. The van der Waals surface area contributed by atoms with Crippen LogP contribution in [0.5, 0.6) is 0 Å². The number of halogens is 3. The highest BCUT2D eigenvalue weighted by atomic mass is 19.4. The second kappa shape index (κ2) is 9.71. The van der Waals surface area contributed by atoms with Crippen LogP contribution in [0.2, 0.25) is 0 Å². The van der Waals surface area contributed by atoms with Gasteiger partial charge in [-0.05, 0) is 57.1 Å². The van der Waals surface area contributed by atoms with Gasteiger partial charge in [-0.25, -0.2) is 4.98 Å². The molecule has 1 aromatic carbocycles. The van der Waals surface area contributed by atoms with E-state index in [0.717, 1.165) is 5.39 Å². The van der Waals surface area contributed by atoms with Crippen LogP contribution in [0.15, 0.2) is 48.7 Å². The van der Waals surface area contributed by atoms with E-state index in [-0.39, 0.29) is 23.6 Å². The Bertz CT molecular complexity index is 1450.